The van der Waals surface area contributed by atoms with E-state index in [-0.39, 0.29) is 31.0 Å². The number of ether oxygens (including phenoxy) is 2. The molecule has 2 rings (SSSR count). The summed E-state index contributed by atoms with van der Waals surface area (Å²) < 4.78 is 50.0. The summed E-state index contributed by atoms with van der Waals surface area (Å²) in [4.78, 5) is 0. The van der Waals surface area contributed by atoms with E-state index in [0.717, 1.165) is 6.07 Å². The molecule has 0 atom stereocenters. The van der Waals surface area contributed by atoms with E-state index in [9.17, 15) is 18.3 Å². The zero-order valence-electron chi connectivity index (χ0n) is 11.2. The Bertz CT molecular complexity index is 541. The van der Waals surface area contributed by atoms with Gasteiger partial charge in [-0.15, -0.1) is 0 Å². The molecule has 0 amide bonds. The topological polar surface area (TPSA) is 38.7 Å². The lowest BCUT2D eigenvalue weighted by molar-refractivity contribution is -0.226. The van der Waals surface area contributed by atoms with Gasteiger partial charge < -0.3 is 14.6 Å². The minimum Gasteiger partial charge on any atom is -0.512 e. The molecule has 3 nitrogen and oxygen atoms in total. The molecule has 6 heteroatoms. The Balaban J connectivity index is 2.16. The normalized spacial score (nSPS) is 18.1. The second-order valence-corrected chi connectivity index (χ2v) is 5.06. The standard InChI is InChI=1S/C14H15F3O3/c1-14(2)19-6-9(7-20-14)13(18)4-8-3-11(16)12(17)5-10(8)15/h3,5,18H,4,6-7H2,1-2H3. The van der Waals surface area contributed by atoms with Crippen LogP contribution in [0.4, 0.5) is 13.2 Å². The van der Waals surface area contributed by atoms with E-state index in [1.165, 1.54) is 0 Å². The summed E-state index contributed by atoms with van der Waals surface area (Å²) in [6.45, 7) is 3.75. The van der Waals surface area contributed by atoms with Gasteiger partial charge >= 0.3 is 0 Å². The van der Waals surface area contributed by atoms with Gasteiger partial charge in [-0.25, -0.2) is 13.2 Å². The van der Waals surface area contributed by atoms with E-state index in [2.05, 4.69) is 0 Å². The summed E-state index contributed by atoms with van der Waals surface area (Å²) in [5.41, 5.74) is 0.326. The van der Waals surface area contributed by atoms with E-state index >= 15 is 0 Å². The summed E-state index contributed by atoms with van der Waals surface area (Å²) in [6.07, 6.45) is -0.245. The summed E-state index contributed by atoms with van der Waals surface area (Å²) in [5.74, 6) is -4.22. The van der Waals surface area contributed by atoms with Crippen LogP contribution in [-0.2, 0) is 15.9 Å². The maximum Gasteiger partial charge on any atom is 0.163 e. The van der Waals surface area contributed by atoms with Crippen molar-refractivity contribution in [1.82, 2.24) is 0 Å². The van der Waals surface area contributed by atoms with Crippen molar-refractivity contribution in [1.29, 1.82) is 0 Å². The van der Waals surface area contributed by atoms with Gasteiger partial charge in [0.25, 0.3) is 0 Å². The quantitative estimate of drug-likeness (QED) is 0.670. The van der Waals surface area contributed by atoms with Crippen LogP contribution in [0.2, 0.25) is 0 Å². The summed E-state index contributed by atoms with van der Waals surface area (Å²) in [6, 6.07) is 1.19. The number of allylic oxidation sites excluding steroid dienone is 1. The first-order valence-corrected chi connectivity index (χ1v) is 6.10. The third-order valence-electron chi connectivity index (χ3n) is 3.04. The van der Waals surface area contributed by atoms with Gasteiger partial charge in [-0.2, -0.15) is 0 Å². The Labute approximate surface area is 114 Å². The molecule has 0 spiro atoms. The maximum absolute atomic E-state index is 13.5. The third kappa shape index (κ3) is 3.32. The largest absolute Gasteiger partial charge is 0.512 e. The van der Waals surface area contributed by atoms with E-state index in [4.69, 9.17) is 9.47 Å². The Kier molecular flexibility index (Phi) is 4.06. The van der Waals surface area contributed by atoms with Crippen molar-refractivity contribution in [2.75, 3.05) is 13.2 Å². The second kappa shape index (κ2) is 5.46. The van der Waals surface area contributed by atoms with Crippen LogP contribution < -0.4 is 0 Å². The molecule has 1 saturated heterocycles. The molecule has 0 aliphatic carbocycles. The van der Waals surface area contributed by atoms with Crippen molar-refractivity contribution in [3.8, 4) is 0 Å². The minimum atomic E-state index is -1.26. The molecule has 1 fully saturated rings. The average molecular weight is 288 g/mol. The molecule has 1 aromatic carbocycles. The van der Waals surface area contributed by atoms with Crippen molar-refractivity contribution in [3.63, 3.8) is 0 Å². The second-order valence-electron chi connectivity index (χ2n) is 5.06. The first-order valence-electron chi connectivity index (χ1n) is 6.10. The molecule has 20 heavy (non-hydrogen) atoms. The minimum absolute atomic E-state index is 0.126. The van der Waals surface area contributed by atoms with E-state index in [1.54, 1.807) is 13.8 Å². The van der Waals surface area contributed by atoms with Crippen LogP contribution in [0.1, 0.15) is 19.4 Å². The highest BCUT2D eigenvalue weighted by atomic mass is 19.2. The Morgan fingerprint density at radius 1 is 1.10 bits per heavy atom. The zero-order valence-corrected chi connectivity index (χ0v) is 11.2. The van der Waals surface area contributed by atoms with Crippen LogP contribution in [0.3, 0.4) is 0 Å². The first kappa shape index (κ1) is 14.9. The lowest BCUT2D eigenvalue weighted by Gasteiger charge is -2.32. The highest BCUT2D eigenvalue weighted by Crippen LogP contribution is 2.23. The number of halogens is 3. The fourth-order valence-electron chi connectivity index (χ4n) is 1.78. The predicted octanol–water partition coefficient (Wildman–Crippen LogP) is 3.24. The van der Waals surface area contributed by atoms with E-state index in [0.29, 0.717) is 11.6 Å². The van der Waals surface area contributed by atoms with Gasteiger partial charge in [0.15, 0.2) is 17.4 Å². The number of rotatable bonds is 2. The van der Waals surface area contributed by atoms with Crippen LogP contribution in [0.25, 0.3) is 0 Å². The fraction of sp³-hybridized carbons (Fsp3) is 0.429. The third-order valence-corrected chi connectivity index (χ3v) is 3.04. The maximum atomic E-state index is 13.5. The van der Waals surface area contributed by atoms with Gasteiger partial charge in [0, 0.05) is 18.1 Å². The molecular weight excluding hydrogens is 273 g/mol. The van der Waals surface area contributed by atoms with Gasteiger partial charge in [0.2, 0.25) is 0 Å². The summed E-state index contributed by atoms with van der Waals surface area (Å²) in [7, 11) is 0. The van der Waals surface area contributed by atoms with Crippen molar-refractivity contribution in [2.24, 2.45) is 0 Å². The molecule has 1 N–H and O–H groups in total. The van der Waals surface area contributed by atoms with Gasteiger partial charge in [0.05, 0.1) is 13.2 Å². The highest BCUT2D eigenvalue weighted by Gasteiger charge is 2.26. The van der Waals surface area contributed by atoms with Crippen LogP contribution in [0.15, 0.2) is 23.5 Å². The first-order chi connectivity index (χ1) is 9.28. The SMILES string of the molecule is CC1(C)OCC(=C(O)Cc2cc(F)c(F)cc2F)CO1. The smallest absolute Gasteiger partial charge is 0.163 e. The van der Waals surface area contributed by atoms with Crippen LogP contribution >= 0.6 is 0 Å². The highest BCUT2D eigenvalue weighted by molar-refractivity contribution is 5.25. The Morgan fingerprint density at radius 2 is 1.65 bits per heavy atom. The van der Waals surface area contributed by atoms with Crippen molar-refractivity contribution in [2.45, 2.75) is 26.1 Å². The van der Waals surface area contributed by atoms with Crippen LogP contribution in [0, 0.1) is 17.5 Å². The molecular formula is C14H15F3O3. The van der Waals surface area contributed by atoms with E-state index < -0.39 is 23.2 Å². The van der Waals surface area contributed by atoms with Crippen LogP contribution in [0.5, 0.6) is 0 Å². The van der Waals surface area contributed by atoms with Gasteiger partial charge in [0.1, 0.15) is 11.6 Å². The van der Waals surface area contributed by atoms with Crippen molar-refractivity contribution in [3.05, 3.63) is 46.5 Å². The lowest BCUT2D eigenvalue weighted by Crippen LogP contribution is -2.36. The van der Waals surface area contributed by atoms with E-state index in [1.807, 2.05) is 0 Å². The molecule has 0 saturated carbocycles. The molecule has 110 valence electrons. The Morgan fingerprint density at radius 3 is 2.25 bits per heavy atom. The van der Waals surface area contributed by atoms with Crippen molar-refractivity contribution >= 4 is 0 Å². The zero-order chi connectivity index (χ0) is 14.9. The van der Waals surface area contributed by atoms with Crippen LogP contribution in [-0.4, -0.2) is 24.1 Å². The molecule has 1 aromatic rings. The molecule has 0 radical (unpaired) electrons. The average Bonchev–Trinajstić information content (AvgIpc) is 2.35. The summed E-state index contributed by atoms with van der Waals surface area (Å²) in [5, 5.41) is 9.92. The molecule has 1 aliphatic rings. The molecule has 1 aliphatic heterocycles. The number of aliphatic hydroxyl groups is 1. The van der Waals surface area contributed by atoms with Crippen molar-refractivity contribution < 1.29 is 27.8 Å². The number of aliphatic hydroxyl groups excluding tert-OH is 1. The molecule has 0 bridgehead atoms. The Hall–Kier alpha value is -1.53. The number of hydrogen-bond acceptors (Lipinski definition) is 3. The summed E-state index contributed by atoms with van der Waals surface area (Å²) >= 11 is 0. The number of hydrogen-bond donors (Lipinski definition) is 1. The lowest BCUT2D eigenvalue weighted by atomic mass is 10.1. The number of benzene rings is 1. The molecule has 0 unspecified atom stereocenters. The van der Waals surface area contributed by atoms with Gasteiger partial charge in [-0.05, 0) is 25.5 Å². The fourth-order valence-corrected chi connectivity index (χ4v) is 1.78. The van der Waals surface area contributed by atoms with Gasteiger partial charge in [-0.1, -0.05) is 0 Å². The predicted molar refractivity (Wildman–Crippen MR) is 65.7 cm³/mol. The molecule has 0 aromatic heterocycles. The molecule has 1 heterocycles. The monoisotopic (exact) mass is 288 g/mol. The van der Waals surface area contributed by atoms with Gasteiger partial charge in [-0.3, -0.25) is 0 Å².